The summed E-state index contributed by atoms with van der Waals surface area (Å²) in [6.45, 7) is 3.12. The van der Waals surface area contributed by atoms with Gasteiger partial charge < -0.3 is 14.8 Å². The molecule has 1 aliphatic heterocycles. The number of ether oxygens (including phenoxy) is 2. The highest BCUT2D eigenvalue weighted by Gasteiger charge is 2.22. The van der Waals surface area contributed by atoms with Crippen LogP contribution in [0.15, 0.2) is 30.6 Å². The minimum absolute atomic E-state index is 0.164. The summed E-state index contributed by atoms with van der Waals surface area (Å²) >= 11 is 0. The van der Waals surface area contributed by atoms with E-state index in [1.54, 1.807) is 10.9 Å². The molecule has 0 radical (unpaired) electrons. The van der Waals surface area contributed by atoms with Crippen LogP contribution >= 0.6 is 0 Å². The number of halogens is 1. The molecule has 3 heterocycles. The van der Waals surface area contributed by atoms with Gasteiger partial charge in [0.15, 0.2) is 17.0 Å². The SMILES string of the molecule is CCOc1ccccc1Nc1nc(F)nc2c1ncn2C1CCCO1. The van der Waals surface area contributed by atoms with E-state index in [4.69, 9.17) is 9.47 Å². The summed E-state index contributed by atoms with van der Waals surface area (Å²) < 4.78 is 27.0. The minimum Gasteiger partial charge on any atom is -0.492 e. The molecule has 0 amide bonds. The van der Waals surface area contributed by atoms with Gasteiger partial charge in [0.05, 0.1) is 18.6 Å². The van der Waals surface area contributed by atoms with Crippen LogP contribution in [0.4, 0.5) is 15.9 Å². The van der Waals surface area contributed by atoms with Crippen LogP contribution < -0.4 is 10.1 Å². The predicted octanol–water partition coefficient (Wildman–Crippen LogP) is 3.42. The van der Waals surface area contributed by atoms with E-state index in [9.17, 15) is 4.39 Å². The van der Waals surface area contributed by atoms with E-state index in [2.05, 4.69) is 20.3 Å². The second-order valence-corrected chi connectivity index (χ2v) is 5.69. The van der Waals surface area contributed by atoms with Crippen molar-refractivity contribution >= 4 is 22.7 Å². The lowest BCUT2D eigenvalue weighted by Crippen LogP contribution is -2.08. The molecule has 8 heteroatoms. The number of para-hydroxylation sites is 2. The van der Waals surface area contributed by atoms with Gasteiger partial charge in [0, 0.05) is 6.61 Å². The van der Waals surface area contributed by atoms with Crippen molar-refractivity contribution in [2.45, 2.75) is 26.0 Å². The third-order valence-electron chi connectivity index (χ3n) is 4.05. The summed E-state index contributed by atoms with van der Waals surface area (Å²) in [6, 6.07) is 7.42. The van der Waals surface area contributed by atoms with Gasteiger partial charge in [-0.2, -0.15) is 14.4 Å². The van der Waals surface area contributed by atoms with Crippen molar-refractivity contribution in [3.8, 4) is 5.75 Å². The van der Waals surface area contributed by atoms with Gasteiger partial charge in [-0.25, -0.2) is 4.98 Å². The van der Waals surface area contributed by atoms with E-state index in [0.29, 0.717) is 41.6 Å². The van der Waals surface area contributed by atoms with Crippen LogP contribution in [0.25, 0.3) is 11.2 Å². The van der Waals surface area contributed by atoms with E-state index in [1.165, 1.54) is 0 Å². The number of rotatable bonds is 5. The summed E-state index contributed by atoms with van der Waals surface area (Å²) in [5, 5.41) is 3.11. The van der Waals surface area contributed by atoms with Crippen LogP contribution in [-0.2, 0) is 4.74 Å². The lowest BCUT2D eigenvalue weighted by Gasteiger charge is -2.13. The summed E-state index contributed by atoms with van der Waals surface area (Å²) in [7, 11) is 0. The fourth-order valence-corrected chi connectivity index (χ4v) is 2.95. The Morgan fingerprint density at radius 1 is 1.36 bits per heavy atom. The Kier molecular flexibility index (Phi) is 4.19. The van der Waals surface area contributed by atoms with Gasteiger partial charge in [-0.3, -0.25) is 4.57 Å². The lowest BCUT2D eigenvalue weighted by molar-refractivity contribution is 0.0592. The number of aromatic nitrogens is 4. The minimum atomic E-state index is -0.816. The number of hydrogen-bond acceptors (Lipinski definition) is 6. The number of benzene rings is 1. The number of hydrogen-bond donors (Lipinski definition) is 1. The molecule has 0 saturated carbocycles. The van der Waals surface area contributed by atoms with Gasteiger partial charge in [0.2, 0.25) is 0 Å². The molecule has 1 unspecified atom stereocenters. The van der Waals surface area contributed by atoms with Crippen LogP contribution in [0, 0.1) is 6.08 Å². The summed E-state index contributed by atoms with van der Waals surface area (Å²) in [6.07, 6.45) is 2.46. The zero-order chi connectivity index (χ0) is 17.2. The van der Waals surface area contributed by atoms with Crippen LogP contribution in [-0.4, -0.2) is 32.7 Å². The van der Waals surface area contributed by atoms with Gasteiger partial charge in [-0.05, 0) is 31.9 Å². The number of nitrogens with zero attached hydrogens (tertiary/aromatic N) is 4. The first-order chi connectivity index (χ1) is 12.3. The zero-order valence-electron chi connectivity index (χ0n) is 13.8. The fourth-order valence-electron chi connectivity index (χ4n) is 2.95. The number of anilines is 2. The van der Waals surface area contributed by atoms with Gasteiger partial charge in [-0.1, -0.05) is 12.1 Å². The Bertz CT molecular complexity index is 892. The number of fused-ring (bicyclic) bond motifs is 1. The Hall–Kier alpha value is -2.74. The van der Waals surface area contributed by atoms with Gasteiger partial charge in [-0.15, -0.1) is 0 Å². The van der Waals surface area contributed by atoms with E-state index in [0.717, 1.165) is 12.8 Å². The standard InChI is InChI=1S/C17H18FN5O2/c1-2-24-12-7-4-3-6-11(12)20-15-14-16(22-17(18)21-15)23(10-19-14)13-8-5-9-25-13/h3-4,6-7,10,13H,2,5,8-9H2,1H3,(H,20,21,22). The first kappa shape index (κ1) is 15.8. The molecule has 4 rings (SSSR count). The number of nitrogens with one attached hydrogen (secondary N) is 1. The van der Waals surface area contributed by atoms with Gasteiger partial charge in [0.1, 0.15) is 12.0 Å². The molecule has 0 aliphatic carbocycles. The van der Waals surface area contributed by atoms with Crippen molar-refractivity contribution in [3.05, 3.63) is 36.7 Å². The normalized spacial score (nSPS) is 17.1. The molecule has 2 aromatic heterocycles. The van der Waals surface area contributed by atoms with Gasteiger partial charge >= 0.3 is 6.08 Å². The third kappa shape index (κ3) is 3.00. The largest absolute Gasteiger partial charge is 0.492 e. The Labute approximate surface area is 143 Å². The molecule has 25 heavy (non-hydrogen) atoms. The third-order valence-corrected chi connectivity index (χ3v) is 4.05. The monoisotopic (exact) mass is 343 g/mol. The average molecular weight is 343 g/mol. The molecule has 1 N–H and O–H groups in total. The Balaban J connectivity index is 1.75. The molecular formula is C17H18FN5O2. The number of imidazole rings is 1. The van der Waals surface area contributed by atoms with E-state index >= 15 is 0 Å². The average Bonchev–Trinajstić information content (AvgIpc) is 3.25. The highest BCUT2D eigenvalue weighted by molar-refractivity contribution is 5.86. The van der Waals surface area contributed by atoms with Crippen molar-refractivity contribution in [1.29, 1.82) is 0 Å². The smallest absolute Gasteiger partial charge is 0.312 e. The molecule has 7 nitrogen and oxygen atoms in total. The second-order valence-electron chi connectivity index (χ2n) is 5.69. The Morgan fingerprint density at radius 2 is 2.24 bits per heavy atom. The molecule has 1 saturated heterocycles. The van der Waals surface area contributed by atoms with Crippen molar-refractivity contribution in [2.75, 3.05) is 18.5 Å². The quantitative estimate of drug-likeness (QED) is 0.716. The van der Waals surface area contributed by atoms with E-state index in [-0.39, 0.29) is 6.23 Å². The Morgan fingerprint density at radius 3 is 3.04 bits per heavy atom. The van der Waals surface area contributed by atoms with Crippen molar-refractivity contribution in [3.63, 3.8) is 0 Å². The molecule has 3 aromatic rings. The highest BCUT2D eigenvalue weighted by atomic mass is 19.1. The van der Waals surface area contributed by atoms with Crippen LogP contribution in [0.5, 0.6) is 5.75 Å². The summed E-state index contributed by atoms with van der Waals surface area (Å²) in [4.78, 5) is 12.2. The molecule has 0 spiro atoms. The molecular weight excluding hydrogens is 325 g/mol. The zero-order valence-corrected chi connectivity index (χ0v) is 13.8. The fraction of sp³-hybridized carbons (Fsp3) is 0.353. The molecule has 0 bridgehead atoms. The highest BCUT2D eigenvalue weighted by Crippen LogP contribution is 2.31. The lowest BCUT2D eigenvalue weighted by atomic mass is 10.3. The maximum Gasteiger partial charge on any atom is 0.312 e. The summed E-state index contributed by atoms with van der Waals surface area (Å²) in [5.41, 5.74) is 1.59. The molecule has 130 valence electrons. The van der Waals surface area contributed by atoms with Crippen molar-refractivity contribution in [2.24, 2.45) is 0 Å². The maximum atomic E-state index is 14.0. The second kappa shape index (κ2) is 6.64. The van der Waals surface area contributed by atoms with Gasteiger partial charge in [0.25, 0.3) is 0 Å². The molecule has 1 fully saturated rings. The maximum absolute atomic E-state index is 14.0. The van der Waals surface area contributed by atoms with E-state index in [1.807, 2.05) is 31.2 Å². The molecule has 1 atom stereocenters. The van der Waals surface area contributed by atoms with Crippen molar-refractivity contribution < 1.29 is 13.9 Å². The topological polar surface area (TPSA) is 74.1 Å². The molecule has 1 aliphatic rings. The van der Waals surface area contributed by atoms with Crippen LogP contribution in [0.1, 0.15) is 26.0 Å². The first-order valence-electron chi connectivity index (χ1n) is 8.27. The summed E-state index contributed by atoms with van der Waals surface area (Å²) in [5.74, 6) is 0.960. The van der Waals surface area contributed by atoms with Crippen LogP contribution in [0.2, 0.25) is 0 Å². The van der Waals surface area contributed by atoms with E-state index < -0.39 is 6.08 Å². The predicted molar refractivity (Wildman–Crippen MR) is 90.4 cm³/mol. The first-order valence-corrected chi connectivity index (χ1v) is 8.27. The van der Waals surface area contributed by atoms with Crippen molar-refractivity contribution in [1.82, 2.24) is 19.5 Å². The van der Waals surface area contributed by atoms with Crippen LogP contribution in [0.3, 0.4) is 0 Å². The molecule has 1 aromatic carbocycles.